The summed E-state index contributed by atoms with van der Waals surface area (Å²) in [5.41, 5.74) is 1.79. The number of allylic oxidation sites excluding steroid dienone is 1. The minimum atomic E-state index is 0.418. The van der Waals surface area contributed by atoms with Crippen molar-refractivity contribution in [1.29, 1.82) is 0 Å². The first-order chi connectivity index (χ1) is 7.72. The fourth-order valence-electron chi connectivity index (χ4n) is 1.52. The highest BCUT2D eigenvalue weighted by Crippen LogP contribution is 2.17. The highest BCUT2D eigenvalue weighted by atomic mass is 79.9. The molecule has 1 rings (SSSR count). The lowest BCUT2D eigenvalue weighted by Crippen LogP contribution is -2.05. The molecule has 0 aliphatic carbocycles. The first-order valence-corrected chi connectivity index (χ1v) is 7.47. The topological polar surface area (TPSA) is 0 Å². The second kappa shape index (κ2) is 8.13. The molecule has 0 saturated heterocycles. The van der Waals surface area contributed by atoms with Crippen molar-refractivity contribution in [1.82, 2.24) is 0 Å². The Bertz CT molecular complexity index is 322. The molecule has 0 bridgehead atoms. The van der Waals surface area contributed by atoms with Gasteiger partial charge in [-0.2, -0.15) is 15.8 Å². The van der Waals surface area contributed by atoms with Gasteiger partial charge in [0.2, 0.25) is 0 Å². The quantitative estimate of drug-likeness (QED) is 0.625. The van der Waals surface area contributed by atoms with Gasteiger partial charge in [-0.05, 0) is 23.6 Å². The molecule has 86 valence electrons. The summed E-state index contributed by atoms with van der Waals surface area (Å²) in [6, 6.07) is 10.6. The number of hydrogen-bond donors (Lipinski definition) is 0. The molecular formula is C13H17BBr2. The zero-order valence-corrected chi connectivity index (χ0v) is 12.8. The molecule has 0 aliphatic heterocycles. The molecule has 0 saturated carbocycles. The van der Waals surface area contributed by atoms with Crippen LogP contribution in [0.2, 0.25) is 0 Å². The number of unbranched alkanes of at least 4 members (excludes halogenated alkanes) is 1. The Hall–Kier alpha value is -0.0151. The molecule has 0 spiro atoms. The SMILES string of the molecule is CCCC/C(Br)=C/B(Br)Cc1ccccc1. The average Bonchev–Trinajstić information content (AvgIpc) is 2.27. The molecule has 3 heteroatoms. The Labute approximate surface area is 116 Å². The van der Waals surface area contributed by atoms with Crippen LogP contribution in [0, 0.1) is 0 Å². The summed E-state index contributed by atoms with van der Waals surface area (Å²) in [6.45, 7) is 2.22. The third-order valence-electron chi connectivity index (χ3n) is 2.40. The second-order valence-corrected chi connectivity index (χ2v) is 6.12. The third kappa shape index (κ3) is 5.90. The standard InChI is InChI=1S/C13H17BBr2/c1-2-3-9-13(15)11-14(16)10-12-7-5-4-6-8-12/h4-8,11H,2-3,9-10H2,1H3/b13-11-. The van der Waals surface area contributed by atoms with Gasteiger partial charge in [0, 0.05) is 0 Å². The van der Waals surface area contributed by atoms with E-state index in [4.69, 9.17) is 0 Å². The maximum Gasteiger partial charge on any atom is 0.252 e. The van der Waals surface area contributed by atoms with Gasteiger partial charge in [0.1, 0.15) is 0 Å². The number of halogens is 2. The summed E-state index contributed by atoms with van der Waals surface area (Å²) < 4.78 is 1.31. The maximum absolute atomic E-state index is 3.70. The molecule has 1 aromatic rings. The Kier molecular flexibility index (Phi) is 7.14. The van der Waals surface area contributed by atoms with Crippen molar-refractivity contribution in [3.8, 4) is 0 Å². The van der Waals surface area contributed by atoms with Crippen LogP contribution in [0.4, 0.5) is 0 Å². The summed E-state index contributed by atoms with van der Waals surface area (Å²) in [5, 5.41) is 0. The van der Waals surface area contributed by atoms with Gasteiger partial charge in [-0.25, -0.2) is 0 Å². The van der Waals surface area contributed by atoms with Crippen molar-refractivity contribution in [2.45, 2.75) is 32.5 Å². The fourth-order valence-corrected chi connectivity index (χ4v) is 3.17. The van der Waals surface area contributed by atoms with Crippen LogP contribution in [0.1, 0.15) is 31.7 Å². The first-order valence-electron chi connectivity index (χ1n) is 5.76. The fraction of sp³-hybridized carbons (Fsp3) is 0.385. The van der Waals surface area contributed by atoms with Gasteiger partial charge < -0.3 is 0 Å². The van der Waals surface area contributed by atoms with Crippen LogP contribution in [-0.2, 0) is 6.32 Å². The van der Waals surface area contributed by atoms with Gasteiger partial charge in [0.15, 0.2) is 0 Å². The first kappa shape index (κ1) is 14.0. The summed E-state index contributed by atoms with van der Waals surface area (Å²) >= 11 is 7.32. The number of hydrogen-bond acceptors (Lipinski definition) is 0. The molecule has 0 unspecified atom stereocenters. The van der Waals surface area contributed by atoms with E-state index >= 15 is 0 Å². The van der Waals surface area contributed by atoms with Gasteiger partial charge >= 0.3 is 0 Å². The molecule has 1 aromatic carbocycles. The molecule has 0 aliphatic rings. The zero-order valence-electron chi connectivity index (χ0n) is 9.63. The van der Waals surface area contributed by atoms with E-state index in [-0.39, 0.29) is 0 Å². The van der Waals surface area contributed by atoms with Crippen LogP contribution in [-0.4, -0.2) is 5.54 Å². The predicted molar refractivity (Wildman–Crippen MR) is 81.4 cm³/mol. The lowest BCUT2D eigenvalue weighted by atomic mass is 9.71. The Balaban J connectivity index is 2.43. The van der Waals surface area contributed by atoms with Gasteiger partial charge in [0.25, 0.3) is 5.54 Å². The summed E-state index contributed by atoms with van der Waals surface area (Å²) in [7, 11) is 0. The normalized spacial score (nSPS) is 11.6. The molecule has 0 atom stereocenters. The average molecular weight is 344 g/mol. The second-order valence-electron chi connectivity index (χ2n) is 3.92. The van der Waals surface area contributed by atoms with Crippen LogP contribution in [0.5, 0.6) is 0 Å². The predicted octanol–water partition coefficient (Wildman–Crippen LogP) is 5.16. The van der Waals surface area contributed by atoms with Crippen molar-refractivity contribution < 1.29 is 0 Å². The Morgan fingerprint density at radius 1 is 1.31 bits per heavy atom. The zero-order chi connectivity index (χ0) is 11.8. The van der Waals surface area contributed by atoms with Crippen LogP contribution in [0.15, 0.2) is 40.8 Å². The van der Waals surface area contributed by atoms with Crippen molar-refractivity contribution in [2.24, 2.45) is 0 Å². The van der Waals surface area contributed by atoms with Gasteiger partial charge in [-0.1, -0.05) is 71.1 Å². The molecular weight excluding hydrogens is 327 g/mol. The van der Waals surface area contributed by atoms with E-state index < -0.39 is 0 Å². The minimum absolute atomic E-state index is 0.418. The highest BCUT2D eigenvalue weighted by molar-refractivity contribution is 9.24. The van der Waals surface area contributed by atoms with Crippen LogP contribution in [0.25, 0.3) is 0 Å². The van der Waals surface area contributed by atoms with Crippen molar-refractivity contribution in [2.75, 3.05) is 0 Å². The molecule has 0 fully saturated rings. The molecule has 16 heavy (non-hydrogen) atoms. The molecule has 0 heterocycles. The molecule has 0 nitrogen and oxygen atoms in total. The minimum Gasteiger partial charge on any atom is -0.150 e. The molecule has 0 radical (unpaired) electrons. The van der Waals surface area contributed by atoms with E-state index in [1.165, 1.54) is 22.9 Å². The molecule has 0 aromatic heterocycles. The third-order valence-corrected chi connectivity index (χ3v) is 3.65. The Morgan fingerprint density at radius 3 is 2.62 bits per heavy atom. The smallest absolute Gasteiger partial charge is 0.150 e. The lowest BCUT2D eigenvalue weighted by Gasteiger charge is -2.03. The van der Waals surface area contributed by atoms with Crippen LogP contribution >= 0.6 is 31.7 Å². The molecule has 0 N–H and O–H groups in total. The summed E-state index contributed by atoms with van der Waals surface area (Å²) in [5.74, 6) is 2.27. The van der Waals surface area contributed by atoms with Gasteiger partial charge in [-0.3, -0.25) is 0 Å². The van der Waals surface area contributed by atoms with Crippen molar-refractivity contribution in [3.63, 3.8) is 0 Å². The lowest BCUT2D eigenvalue weighted by molar-refractivity contribution is 0.811. The Morgan fingerprint density at radius 2 is 2.00 bits per heavy atom. The van der Waals surface area contributed by atoms with Crippen LogP contribution in [0.3, 0.4) is 0 Å². The summed E-state index contributed by atoms with van der Waals surface area (Å²) in [6.07, 6.45) is 4.69. The van der Waals surface area contributed by atoms with E-state index in [0.29, 0.717) is 5.54 Å². The van der Waals surface area contributed by atoms with Crippen LogP contribution < -0.4 is 0 Å². The number of benzene rings is 1. The largest absolute Gasteiger partial charge is 0.252 e. The highest BCUT2D eigenvalue weighted by Gasteiger charge is 2.07. The van der Waals surface area contributed by atoms with Gasteiger partial charge in [-0.15, -0.1) is 0 Å². The van der Waals surface area contributed by atoms with E-state index in [1.807, 2.05) is 0 Å². The molecule has 0 amide bonds. The maximum atomic E-state index is 3.70. The van der Waals surface area contributed by atoms with Crippen molar-refractivity contribution in [3.05, 3.63) is 46.4 Å². The number of rotatable bonds is 6. The van der Waals surface area contributed by atoms with E-state index in [0.717, 1.165) is 12.7 Å². The monoisotopic (exact) mass is 342 g/mol. The van der Waals surface area contributed by atoms with Gasteiger partial charge in [0.05, 0.1) is 0 Å². The summed E-state index contributed by atoms with van der Waals surface area (Å²) in [4.78, 5) is 0. The van der Waals surface area contributed by atoms with Crippen molar-refractivity contribution >= 4 is 37.2 Å². The van der Waals surface area contributed by atoms with E-state index in [2.05, 4.69) is 74.9 Å². The van der Waals surface area contributed by atoms with E-state index in [1.54, 1.807) is 0 Å². The van der Waals surface area contributed by atoms with E-state index in [9.17, 15) is 0 Å².